The van der Waals surface area contributed by atoms with Gasteiger partial charge in [-0.05, 0) is 47.5 Å². The van der Waals surface area contributed by atoms with Crippen LogP contribution < -0.4 is 14.8 Å². The molecule has 0 radical (unpaired) electrons. The molecule has 0 spiro atoms. The average Bonchev–Trinajstić information content (AvgIpc) is 3.23. The van der Waals surface area contributed by atoms with Crippen LogP contribution in [0.4, 0.5) is 14.5 Å². The largest absolute Gasteiger partial charge is 0.495 e. The molecule has 4 aromatic rings. The molecule has 0 bridgehead atoms. The quantitative estimate of drug-likeness (QED) is 0.409. The van der Waals surface area contributed by atoms with Crippen LogP contribution in [0, 0.1) is 11.6 Å². The standard InChI is InChI=1S/C25H21F2N3O3/c1-32-23-5-3-2-4-22(23)28-24(31)21-15-30(14-17-6-10-19(26)11-7-17)29-25(21)33-16-18-8-12-20(27)13-9-18/h2-13,15H,14,16H2,1H3,(H,28,31). The molecule has 0 saturated carbocycles. The monoisotopic (exact) mass is 449 g/mol. The highest BCUT2D eigenvalue weighted by Crippen LogP contribution is 2.26. The molecule has 0 saturated heterocycles. The molecule has 8 heteroatoms. The summed E-state index contributed by atoms with van der Waals surface area (Å²) in [6.45, 7) is 0.415. The van der Waals surface area contributed by atoms with Crippen LogP contribution in [0.1, 0.15) is 21.5 Å². The summed E-state index contributed by atoms with van der Waals surface area (Å²) in [5.41, 5.74) is 2.24. The number of halogens is 2. The van der Waals surface area contributed by atoms with Gasteiger partial charge in [0.1, 0.15) is 29.6 Å². The second-order valence-corrected chi connectivity index (χ2v) is 7.24. The molecule has 0 atom stereocenters. The maximum Gasteiger partial charge on any atom is 0.262 e. The summed E-state index contributed by atoms with van der Waals surface area (Å²) < 4.78 is 39.1. The maximum absolute atomic E-state index is 13.2. The molecule has 1 heterocycles. The normalized spacial score (nSPS) is 10.6. The minimum atomic E-state index is -0.432. The van der Waals surface area contributed by atoms with Gasteiger partial charge < -0.3 is 14.8 Å². The Balaban J connectivity index is 1.59. The van der Waals surface area contributed by atoms with E-state index in [1.807, 2.05) is 0 Å². The molecule has 1 aromatic heterocycles. The van der Waals surface area contributed by atoms with Crippen LogP contribution in [0.2, 0.25) is 0 Å². The van der Waals surface area contributed by atoms with E-state index in [-0.39, 0.29) is 29.7 Å². The summed E-state index contributed by atoms with van der Waals surface area (Å²) in [6.07, 6.45) is 1.56. The van der Waals surface area contributed by atoms with E-state index in [2.05, 4.69) is 10.4 Å². The Morgan fingerprint density at radius 1 is 0.939 bits per heavy atom. The number of nitrogens with one attached hydrogen (secondary N) is 1. The summed E-state index contributed by atoms with van der Waals surface area (Å²) in [6, 6.07) is 18.9. The fourth-order valence-electron chi connectivity index (χ4n) is 3.19. The van der Waals surface area contributed by atoms with Gasteiger partial charge in [0.05, 0.1) is 19.3 Å². The Bertz CT molecular complexity index is 1240. The fourth-order valence-corrected chi connectivity index (χ4v) is 3.19. The number of para-hydroxylation sites is 2. The molecule has 4 rings (SSSR count). The molecular formula is C25H21F2N3O3. The molecule has 0 aliphatic carbocycles. The first-order valence-corrected chi connectivity index (χ1v) is 10.2. The minimum Gasteiger partial charge on any atom is -0.495 e. The number of carbonyl (C=O) groups is 1. The number of amides is 1. The molecule has 0 aliphatic heterocycles. The van der Waals surface area contributed by atoms with Crippen LogP contribution in [0.25, 0.3) is 0 Å². The highest BCUT2D eigenvalue weighted by molar-refractivity contribution is 6.06. The molecule has 0 aliphatic rings. The third kappa shape index (κ3) is 5.54. The Hall–Kier alpha value is -4.20. The van der Waals surface area contributed by atoms with Crippen molar-refractivity contribution in [2.45, 2.75) is 13.2 Å². The van der Waals surface area contributed by atoms with Gasteiger partial charge in [0.15, 0.2) is 0 Å². The van der Waals surface area contributed by atoms with Crippen LogP contribution >= 0.6 is 0 Å². The van der Waals surface area contributed by atoms with Crippen molar-refractivity contribution in [1.29, 1.82) is 0 Å². The molecule has 0 unspecified atom stereocenters. The lowest BCUT2D eigenvalue weighted by atomic mass is 10.2. The number of hydrogen-bond acceptors (Lipinski definition) is 4. The highest BCUT2D eigenvalue weighted by Gasteiger charge is 2.20. The van der Waals surface area contributed by atoms with Gasteiger partial charge >= 0.3 is 0 Å². The third-order valence-corrected chi connectivity index (χ3v) is 4.87. The number of anilines is 1. The second-order valence-electron chi connectivity index (χ2n) is 7.24. The van der Waals surface area contributed by atoms with Gasteiger partial charge in [0.2, 0.25) is 5.88 Å². The molecule has 33 heavy (non-hydrogen) atoms. The predicted octanol–water partition coefficient (Wildman–Crippen LogP) is 5.05. The molecular weight excluding hydrogens is 428 g/mol. The first-order chi connectivity index (χ1) is 16.0. The van der Waals surface area contributed by atoms with E-state index < -0.39 is 5.91 Å². The summed E-state index contributed by atoms with van der Waals surface area (Å²) in [5, 5.41) is 7.21. The Morgan fingerprint density at radius 3 is 2.24 bits per heavy atom. The lowest BCUT2D eigenvalue weighted by Crippen LogP contribution is -2.13. The lowest BCUT2D eigenvalue weighted by Gasteiger charge is -2.10. The smallest absolute Gasteiger partial charge is 0.262 e. The van der Waals surface area contributed by atoms with Crippen LogP contribution in [-0.4, -0.2) is 22.8 Å². The summed E-state index contributed by atoms with van der Waals surface area (Å²) in [4.78, 5) is 13.1. The number of carbonyl (C=O) groups excluding carboxylic acids is 1. The third-order valence-electron chi connectivity index (χ3n) is 4.87. The van der Waals surface area contributed by atoms with Crippen molar-refractivity contribution in [3.8, 4) is 11.6 Å². The van der Waals surface area contributed by atoms with Crippen LogP contribution in [-0.2, 0) is 13.2 Å². The Labute approximate surface area is 189 Å². The van der Waals surface area contributed by atoms with Gasteiger partial charge in [-0.15, -0.1) is 5.10 Å². The number of benzene rings is 3. The molecule has 6 nitrogen and oxygen atoms in total. The Kier molecular flexibility index (Phi) is 6.64. The van der Waals surface area contributed by atoms with Crippen molar-refractivity contribution in [3.63, 3.8) is 0 Å². The van der Waals surface area contributed by atoms with Crippen molar-refractivity contribution in [3.05, 3.63) is 107 Å². The molecule has 1 N–H and O–H groups in total. The van der Waals surface area contributed by atoms with Crippen molar-refractivity contribution >= 4 is 11.6 Å². The van der Waals surface area contributed by atoms with Gasteiger partial charge in [-0.2, -0.15) is 0 Å². The zero-order valence-corrected chi connectivity index (χ0v) is 17.8. The van der Waals surface area contributed by atoms with Crippen LogP contribution in [0.15, 0.2) is 79.0 Å². The van der Waals surface area contributed by atoms with E-state index in [0.717, 1.165) is 11.1 Å². The van der Waals surface area contributed by atoms with Gasteiger partial charge in [0, 0.05) is 6.20 Å². The summed E-state index contributed by atoms with van der Waals surface area (Å²) in [5.74, 6) is -0.482. The summed E-state index contributed by atoms with van der Waals surface area (Å²) >= 11 is 0. The predicted molar refractivity (Wildman–Crippen MR) is 119 cm³/mol. The van der Waals surface area contributed by atoms with Crippen molar-refractivity contribution in [1.82, 2.24) is 9.78 Å². The molecule has 3 aromatic carbocycles. The van der Waals surface area contributed by atoms with E-state index in [4.69, 9.17) is 9.47 Å². The number of ether oxygens (including phenoxy) is 2. The van der Waals surface area contributed by atoms with E-state index >= 15 is 0 Å². The number of hydrogen-bond donors (Lipinski definition) is 1. The van der Waals surface area contributed by atoms with Crippen molar-refractivity contribution < 1.29 is 23.0 Å². The van der Waals surface area contributed by atoms with Gasteiger partial charge in [-0.1, -0.05) is 36.4 Å². The van der Waals surface area contributed by atoms with E-state index in [1.165, 1.54) is 31.4 Å². The van der Waals surface area contributed by atoms with Gasteiger partial charge in [-0.25, -0.2) is 8.78 Å². The second kappa shape index (κ2) is 9.95. The first-order valence-electron chi connectivity index (χ1n) is 10.2. The zero-order chi connectivity index (χ0) is 23.2. The minimum absolute atomic E-state index is 0.1000. The van der Waals surface area contributed by atoms with E-state index in [1.54, 1.807) is 59.4 Å². The van der Waals surface area contributed by atoms with E-state index in [0.29, 0.717) is 18.0 Å². The number of nitrogens with zero attached hydrogens (tertiary/aromatic N) is 2. The van der Waals surface area contributed by atoms with E-state index in [9.17, 15) is 13.6 Å². The number of rotatable bonds is 8. The zero-order valence-electron chi connectivity index (χ0n) is 17.8. The topological polar surface area (TPSA) is 65.4 Å². The molecule has 0 fully saturated rings. The SMILES string of the molecule is COc1ccccc1NC(=O)c1cn(Cc2ccc(F)cc2)nc1OCc1ccc(F)cc1. The number of methoxy groups -OCH3 is 1. The maximum atomic E-state index is 13.2. The molecule has 1 amide bonds. The number of aromatic nitrogens is 2. The molecule has 168 valence electrons. The van der Waals surface area contributed by atoms with Gasteiger partial charge in [0.25, 0.3) is 5.91 Å². The summed E-state index contributed by atoms with van der Waals surface area (Å²) in [7, 11) is 1.52. The average molecular weight is 449 g/mol. The van der Waals surface area contributed by atoms with Crippen molar-refractivity contribution in [2.75, 3.05) is 12.4 Å². The van der Waals surface area contributed by atoms with Crippen LogP contribution in [0.3, 0.4) is 0 Å². The first kappa shape index (κ1) is 22.0. The van der Waals surface area contributed by atoms with Crippen molar-refractivity contribution in [2.24, 2.45) is 0 Å². The Morgan fingerprint density at radius 2 is 1.58 bits per heavy atom. The highest BCUT2D eigenvalue weighted by atomic mass is 19.1. The van der Waals surface area contributed by atoms with Gasteiger partial charge in [-0.3, -0.25) is 9.48 Å². The fraction of sp³-hybridized carbons (Fsp3) is 0.120. The van der Waals surface area contributed by atoms with Crippen LogP contribution in [0.5, 0.6) is 11.6 Å². The lowest BCUT2D eigenvalue weighted by molar-refractivity contribution is 0.102.